The molecule has 0 fully saturated rings. The summed E-state index contributed by atoms with van der Waals surface area (Å²) in [6, 6.07) is 11.4. The summed E-state index contributed by atoms with van der Waals surface area (Å²) in [4.78, 5) is 10.3. The minimum Gasteiger partial charge on any atom is -0.461 e. The Balaban J connectivity index is 2.15. The first kappa shape index (κ1) is 12.6. The zero-order valence-electron chi connectivity index (χ0n) is 10.3. The van der Waals surface area contributed by atoms with Crippen molar-refractivity contribution in [2.45, 2.75) is 25.9 Å². The van der Waals surface area contributed by atoms with E-state index in [1.54, 1.807) is 6.92 Å². The average molecular weight is 244 g/mol. The molecule has 1 aromatic heterocycles. The van der Waals surface area contributed by atoms with E-state index < -0.39 is 6.10 Å². The first-order valence-corrected chi connectivity index (χ1v) is 6.01. The second-order valence-electron chi connectivity index (χ2n) is 4.27. The van der Waals surface area contributed by atoms with Crippen molar-refractivity contribution in [3.05, 3.63) is 47.7 Å². The van der Waals surface area contributed by atoms with Gasteiger partial charge in [-0.1, -0.05) is 24.3 Å². The van der Waals surface area contributed by atoms with E-state index in [4.69, 9.17) is 4.42 Å². The maximum Gasteiger partial charge on any atom is 0.134 e. The predicted molar refractivity (Wildman–Crippen MR) is 69.2 cm³/mol. The van der Waals surface area contributed by atoms with E-state index in [9.17, 15) is 9.90 Å². The van der Waals surface area contributed by atoms with E-state index in [0.29, 0.717) is 12.8 Å². The highest BCUT2D eigenvalue weighted by Crippen LogP contribution is 2.24. The van der Waals surface area contributed by atoms with E-state index in [-0.39, 0.29) is 0 Å². The van der Waals surface area contributed by atoms with Crippen molar-refractivity contribution >= 4 is 6.29 Å². The molecule has 0 saturated heterocycles. The molecule has 94 valence electrons. The minimum atomic E-state index is -0.459. The van der Waals surface area contributed by atoms with Crippen LogP contribution in [0.4, 0.5) is 0 Å². The molecule has 2 rings (SSSR count). The zero-order valence-corrected chi connectivity index (χ0v) is 10.3. The molecule has 1 aromatic carbocycles. The van der Waals surface area contributed by atoms with E-state index in [2.05, 4.69) is 0 Å². The second-order valence-corrected chi connectivity index (χ2v) is 4.27. The number of aryl methyl sites for hydroxylation is 1. The van der Waals surface area contributed by atoms with Crippen LogP contribution < -0.4 is 0 Å². The number of carbonyl (C=O) groups excluding carboxylic acids is 1. The third-order valence-electron chi connectivity index (χ3n) is 2.85. The van der Waals surface area contributed by atoms with E-state index in [1.165, 1.54) is 0 Å². The molecule has 0 aliphatic heterocycles. The van der Waals surface area contributed by atoms with Gasteiger partial charge in [-0.3, -0.25) is 0 Å². The van der Waals surface area contributed by atoms with Crippen LogP contribution >= 0.6 is 0 Å². The SMILES string of the molecule is CC(O)c1ccc(-c2ccc(CCC=O)o2)cc1. The molecule has 0 aliphatic carbocycles. The number of aliphatic hydroxyl groups is 1. The maximum atomic E-state index is 10.3. The number of hydrogen-bond donors (Lipinski definition) is 1. The number of aliphatic hydroxyl groups excluding tert-OH is 1. The third kappa shape index (κ3) is 2.87. The highest BCUT2D eigenvalue weighted by atomic mass is 16.3. The Bertz CT molecular complexity index is 509. The molecule has 0 spiro atoms. The fourth-order valence-corrected chi connectivity index (χ4v) is 1.79. The largest absolute Gasteiger partial charge is 0.461 e. The Labute approximate surface area is 106 Å². The van der Waals surface area contributed by atoms with Crippen molar-refractivity contribution in [2.75, 3.05) is 0 Å². The fraction of sp³-hybridized carbons (Fsp3) is 0.267. The van der Waals surface area contributed by atoms with Crippen molar-refractivity contribution in [3.8, 4) is 11.3 Å². The van der Waals surface area contributed by atoms with Gasteiger partial charge in [0, 0.05) is 18.4 Å². The normalized spacial score (nSPS) is 12.3. The molecule has 1 heterocycles. The lowest BCUT2D eigenvalue weighted by atomic mass is 10.1. The number of hydrogen-bond acceptors (Lipinski definition) is 3. The van der Waals surface area contributed by atoms with Crippen LogP contribution in [-0.4, -0.2) is 11.4 Å². The zero-order chi connectivity index (χ0) is 13.0. The molecule has 3 nitrogen and oxygen atoms in total. The summed E-state index contributed by atoms with van der Waals surface area (Å²) in [6.07, 6.45) is 1.54. The number of carbonyl (C=O) groups is 1. The van der Waals surface area contributed by atoms with Crippen molar-refractivity contribution in [3.63, 3.8) is 0 Å². The van der Waals surface area contributed by atoms with Crippen molar-refractivity contribution < 1.29 is 14.3 Å². The summed E-state index contributed by atoms with van der Waals surface area (Å²) in [5.74, 6) is 1.60. The molecule has 2 aromatic rings. The molecule has 0 saturated carbocycles. The highest BCUT2D eigenvalue weighted by Gasteiger charge is 2.06. The molecule has 1 atom stereocenters. The Morgan fingerprint density at radius 3 is 2.56 bits per heavy atom. The van der Waals surface area contributed by atoms with Gasteiger partial charge in [0.1, 0.15) is 17.8 Å². The van der Waals surface area contributed by atoms with Crippen molar-refractivity contribution in [1.29, 1.82) is 0 Å². The lowest BCUT2D eigenvalue weighted by Gasteiger charge is -2.04. The van der Waals surface area contributed by atoms with Crippen LogP contribution in [0.15, 0.2) is 40.8 Å². The standard InChI is InChI=1S/C15H16O3/c1-11(17)12-4-6-13(7-5-12)15-9-8-14(18-15)3-2-10-16/h4-11,17H,2-3H2,1H3. The van der Waals surface area contributed by atoms with Gasteiger partial charge < -0.3 is 14.3 Å². The van der Waals surface area contributed by atoms with E-state index in [0.717, 1.165) is 28.9 Å². The van der Waals surface area contributed by atoms with Crippen LogP contribution in [-0.2, 0) is 11.2 Å². The van der Waals surface area contributed by atoms with Crippen LogP contribution in [0.25, 0.3) is 11.3 Å². The number of benzene rings is 1. The van der Waals surface area contributed by atoms with E-state index >= 15 is 0 Å². The molecule has 18 heavy (non-hydrogen) atoms. The summed E-state index contributed by atoms with van der Waals surface area (Å²) < 4.78 is 5.65. The Hall–Kier alpha value is -1.87. The van der Waals surface area contributed by atoms with Gasteiger partial charge in [0.25, 0.3) is 0 Å². The van der Waals surface area contributed by atoms with Gasteiger partial charge in [-0.15, -0.1) is 0 Å². The number of rotatable bonds is 5. The Morgan fingerprint density at radius 1 is 1.22 bits per heavy atom. The van der Waals surface area contributed by atoms with Crippen LogP contribution in [0.2, 0.25) is 0 Å². The average Bonchev–Trinajstić information content (AvgIpc) is 2.85. The molecule has 0 bridgehead atoms. The Morgan fingerprint density at radius 2 is 1.94 bits per heavy atom. The minimum absolute atomic E-state index is 0.459. The Kier molecular flexibility index (Phi) is 3.95. The highest BCUT2D eigenvalue weighted by molar-refractivity contribution is 5.58. The summed E-state index contributed by atoms with van der Waals surface area (Å²) in [6.45, 7) is 1.74. The molecule has 0 radical (unpaired) electrons. The lowest BCUT2D eigenvalue weighted by molar-refractivity contribution is -0.107. The fourth-order valence-electron chi connectivity index (χ4n) is 1.79. The first-order valence-electron chi connectivity index (χ1n) is 6.01. The van der Waals surface area contributed by atoms with Crippen LogP contribution in [0.3, 0.4) is 0 Å². The number of furan rings is 1. The summed E-state index contributed by atoms with van der Waals surface area (Å²) in [5, 5.41) is 9.43. The van der Waals surface area contributed by atoms with Crippen molar-refractivity contribution in [2.24, 2.45) is 0 Å². The summed E-state index contributed by atoms with van der Waals surface area (Å²) >= 11 is 0. The molecular weight excluding hydrogens is 228 g/mol. The van der Waals surface area contributed by atoms with Gasteiger partial charge in [-0.2, -0.15) is 0 Å². The summed E-state index contributed by atoms with van der Waals surface area (Å²) in [5.41, 5.74) is 1.85. The van der Waals surface area contributed by atoms with Gasteiger partial charge in [0.15, 0.2) is 0 Å². The van der Waals surface area contributed by atoms with E-state index in [1.807, 2.05) is 36.4 Å². The number of aldehydes is 1. The first-order chi connectivity index (χ1) is 8.70. The smallest absolute Gasteiger partial charge is 0.134 e. The van der Waals surface area contributed by atoms with Gasteiger partial charge in [-0.05, 0) is 24.6 Å². The third-order valence-corrected chi connectivity index (χ3v) is 2.85. The molecule has 0 aliphatic rings. The molecular formula is C15H16O3. The van der Waals surface area contributed by atoms with Gasteiger partial charge in [0.2, 0.25) is 0 Å². The molecule has 1 unspecified atom stereocenters. The molecule has 0 amide bonds. The topological polar surface area (TPSA) is 50.4 Å². The van der Waals surface area contributed by atoms with Gasteiger partial charge in [-0.25, -0.2) is 0 Å². The lowest BCUT2D eigenvalue weighted by Crippen LogP contribution is -1.89. The monoisotopic (exact) mass is 244 g/mol. The van der Waals surface area contributed by atoms with Crippen LogP contribution in [0.1, 0.15) is 30.8 Å². The van der Waals surface area contributed by atoms with Crippen molar-refractivity contribution in [1.82, 2.24) is 0 Å². The van der Waals surface area contributed by atoms with Gasteiger partial charge >= 0.3 is 0 Å². The molecule has 1 N–H and O–H groups in total. The second kappa shape index (κ2) is 5.65. The van der Waals surface area contributed by atoms with Gasteiger partial charge in [0.05, 0.1) is 6.10 Å². The maximum absolute atomic E-state index is 10.3. The summed E-state index contributed by atoms with van der Waals surface area (Å²) in [7, 11) is 0. The van der Waals surface area contributed by atoms with Crippen LogP contribution in [0.5, 0.6) is 0 Å². The quantitative estimate of drug-likeness (QED) is 0.822. The van der Waals surface area contributed by atoms with Crippen LogP contribution in [0, 0.1) is 0 Å². The predicted octanol–water partition coefficient (Wildman–Crippen LogP) is 3.13. The molecule has 3 heteroatoms.